The number of rotatable bonds is 13. The molecule has 1 unspecified atom stereocenters. The van der Waals surface area contributed by atoms with Gasteiger partial charge in [0.1, 0.15) is 18.2 Å². The number of esters is 1. The number of hydrogen-bond donors (Lipinski definition) is 1. The molecule has 0 radical (unpaired) electrons. The number of aromatic nitrogens is 1. The number of nitrogens with one attached hydrogen (secondary N) is 1. The van der Waals surface area contributed by atoms with Crippen LogP contribution >= 0.6 is 0 Å². The molecule has 2 aliphatic rings. The van der Waals surface area contributed by atoms with Crippen molar-refractivity contribution in [2.45, 2.75) is 64.4 Å². The number of nitrogens with zero attached hydrogens (tertiary/aromatic N) is 2. The van der Waals surface area contributed by atoms with Crippen molar-refractivity contribution in [3.05, 3.63) is 53.2 Å². The van der Waals surface area contributed by atoms with Gasteiger partial charge in [-0.05, 0) is 87.7 Å². The van der Waals surface area contributed by atoms with Gasteiger partial charge in [-0.3, -0.25) is 4.79 Å². The van der Waals surface area contributed by atoms with Crippen LogP contribution in [0.5, 0.6) is 5.75 Å². The van der Waals surface area contributed by atoms with Crippen LogP contribution in [0.3, 0.4) is 0 Å². The number of likely N-dealkylation sites (tertiary alicyclic amines) is 1. The number of carbonyl (C=O) groups is 1. The van der Waals surface area contributed by atoms with Crippen LogP contribution in [-0.4, -0.2) is 68.5 Å². The first-order chi connectivity index (χ1) is 18.0. The van der Waals surface area contributed by atoms with Crippen LogP contribution in [0.4, 0.5) is 5.82 Å². The molecule has 0 aliphatic carbocycles. The second kappa shape index (κ2) is 13.8. The van der Waals surface area contributed by atoms with Gasteiger partial charge in [0.25, 0.3) is 0 Å². The zero-order valence-electron chi connectivity index (χ0n) is 22.7. The molecule has 4 rings (SSSR count). The highest BCUT2D eigenvalue weighted by Crippen LogP contribution is 2.29. The maximum absolute atomic E-state index is 12.3. The lowest BCUT2D eigenvalue weighted by molar-refractivity contribution is -0.141. The summed E-state index contributed by atoms with van der Waals surface area (Å²) in [7, 11) is 1.46. The molecule has 0 bridgehead atoms. The van der Waals surface area contributed by atoms with Crippen LogP contribution in [0, 0.1) is 5.92 Å². The van der Waals surface area contributed by atoms with Crippen molar-refractivity contribution >= 4 is 11.8 Å². The minimum atomic E-state index is -0.176. The number of fused-ring (bicyclic) bond motifs is 1. The van der Waals surface area contributed by atoms with E-state index in [0.29, 0.717) is 25.6 Å². The van der Waals surface area contributed by atoms with Gasteiger partial charge in [0, 0.05) is 31.2 Å². The fourth-order valence-electron chi connectivity index (χ4n) is 5.36. The molecule has 1 N–H and O–H groups in total. The molecule has 1 saturated heterocycles. The van der Waals surface area contributed by atoms with Crippen molar-refractivity contribution in [3.63, 3.8) is 0 Å². The normalized spacial score (nSPS) is 18.3. The number of ether oxygens (including phenoxy) is 3. The number of pyridine rings is 1. The smallest absolute Gasteiger partial charge is 0.306 e. The topological polar surface area (TPSA) is 72.9 Å². The quantitative estimate of drug-likeness (QED) is 0.306. The molecule has 2 aliphatic heterocycles. The Balaban J connectivity index is 1.31. The van der Waals surface area contributed by atoms with Crippen molar-refractivity contribution in [1.29, 1.82) is 0 Å². The Morgan fingerprint density at radius 1 is 1.22 bits per heavy atom. The van der Waals surface area contributed by atoms with Crippen LogP contribution in [0.2, 0.25) is 0 Å². The number of anilines is 1. The Kier molecular flexibility index (Phi) is 10.2. The lowest BCUT2D eigenvalue weighted by atomic mass is 9.94. The minimum Gasteiger partial charge on any atom is -0.491 e. The first-order valence-electron chi connectivity index (χ1n) is 13.9. The SMILES string of the molecule is COC(=O)CC(CN1CC[C@@H](CCc2ccc3c(n2)NCCC3)C1)c1cccc(OCCOC(C)C)c1. The van der Waals surface area contributed by atoms with Crippen molar-refractivity contribution in [2.24, 2.45) is 5.92 Å². The summed E-state index contributed by atoms with van der Waals surface area (Å²) in [5.74, 6) is 2.44. The average Bonchev–Trinajstić information content (AvgIpc) is 3.36. The molecular weight excluding hydrogens is 466 g/mol. The average molecular weight is 510 g/mol. The standard InChI is InChI=1S/C30H43N3O4/c1-22(2)36-16-17-37-28-8-4-6-25(18-28)26(19-29(34)35-3)21-33-15-13-23(20-33)9-11-27-12-10-24-7-5-14-31-30(24)32-27/h4,6,8,10,12,18,22-23,26H,5,7,9,11,13-17,19-21H2,1-3H3,(H,31,32)/t23-,26?/m1/s1. The summed E-state index contributed by atoms with van der Waals surface area (Å²) in [4.78, 5) is 19.6. The number of hydrogen-bond acceptors (Lipinski definition) is 7. The fraction of sp³-hybridized carbons (Fsp3) is 0.600. The van der Waals surface area contributed by atoms with E-state index in [-0.39, 0.29) is 18.0 Å². The highest BCUT2D eigenvalue weighted by molar-refractivity contribution is 5.70. The van der Waals surface area contributed by atoms with Gasteiger partial charge in [-0.2, -0.15) is 0 Å². The summed E-state index contributed by atoms with van der Waals surface area (Å²) in [6.45, 7) is 9.08. The Morgan fingerprint density at radius 3 is 2.95 bits per heavy atom. The fourth-order valence-corrected chi connectivity index (χ4v) is 5.36. The third kappa shape index (κ3) is 8.44. The van der Waals surface area contributed by atoms with Crippen molar-refractivity contribution in [1.82, 2.24) is 9.88 Å². The number of carbonyl (C=O) groups excluding carboxylic acids is 1. The lowest BCUT2D eigenvalue weighted by Crippen LogP contribution is -2.28. The highest BCUT2D eigenvalue weighted by Gasteiger charge is 2.27. The van der Waals surface area contributed by atoms with Gasteiger partial charge in [-0.25, -0.2) is 4.98 Å². The summed E-state index contributed by atoms with van der Waals surface area (Å²) >= 11 is 0. The van der Waals surface area contributed by atoms with E-state index in [1.165, 1.54) is 31.2 Å². The molecule has 0 saturated carbocycles. The third-order valence-electron chi connectivity index (χ3n) is 7.38. The van der Waals surface area contributed by atoms with E-state index < -0.39 is 0 Å². The monoisotopic (exact) mass is 509 g/mol. The zero-order chi connectivity index (χ0) is 26.0. The summed E-state index contributed by atoms with van der Waals surface area (Å²) in [6.07, 6.45) is 6.21. The predicted octanol–water partition coefficient (Wildman–Crippen LogP) is 4.84. The number of aryl methyl sites for hydroxylation is 2. The van der Waals surface area contributed by atoms with Crippen LogP contribution < -0.4 is 10.1 Å². The lowest BCUT2D eigenvalue weighted by Gasteiger charge is -2.24. The third-order valence-corrected chi connectivity index (χ3v) is 7.38. The summed E-state index contributed by atoms with van der Waals surface area (Å²) in [5, 5.41) is 3.45. The molecular formula is C30H43N3O4. The van der Waals surface area contributed by atoms with E-state index in [1.54, 1.807) is 0 Å². The van der Waals surface area contributed by atoms with Gasteiger partial charge in [-0.1, -0.05) is 18.2 Å². The van der Waals surface area contributed by atoms with Crippen molar-refractivity contribution in [2.75, 3.05) is 51.8 Å². The van der Waals surface area contributed by atoms with Gasteiger partial charge >= 0.3 is 5.97 Å². The Bertz CT molecular complexity index is 1010. The molecule has 0 amide bonds. The highest BCUT2D eigenvalue weighted by atomic mass is 16.5. The molecule has 7 heteroatoms. The van der Waals surface area contributed by atoms with Crippen LogP contribution in [0.1, 0.15) is 62.3 Å². The van der Waals surface area contributed by atoms with Crippen molar-refractivity contribution < 1.29 is 19.0 Å². The molecule has 37 heavy (non-hydrogen) atoms. The number of benzene rings is 1. The van der Waals surface area contributed by atoms with Gasteiger partial charge in [0.15, 0.2) is 0 Å². The molecule has 1 aromatic heterocycles. The molecule has 3 heterocycles. The first kappa shape index (κ1) is 27.4. The van der Waals surface area contributed by atoms with Crippen LogP contribution in [0.25, 0.3) is 0 Å². The molecule has 202 valence electrons. The molecule has 0 spiro atoms. The molecule has 7 nitrogen and oxygen atoms in total. The largest absolute Gasteiger partial charge is 0.491 e. The van der Waals surface area contributed by atoms with Gasteiger partial charge in [-0.15, -0.1) is 0 Å². The summed E-state index contributed by atoms with van der Waals surface area (Å²) in [5.41, 5.74) is 3.64. The van der Waals surface area contributed by atoms with E-state index in [9.17, 15) is 4.79 Å². The van der Waals surface area contributed by atoms with E-state index in [1.807, 2.05) is 26.0 Å². The van der Waals surface area contributed by atoms with Crippen LogP contribution in [0.15, 0.2) is 36.4 Å². The second-order valence-corrected chi connectivity index (χ2v) is 10.6. The van der Waals surface area contributed by atoms with E-state index in [0.717, 1.165) is 62.6 Å². The Hall–Kier alpha value is -2.64. The maximum atomic E-state index is 12.3. The van der Waals surface area contributed by atoms with E-state index in [4.69, 9.17) is 19.2 Å². The van der Waals surface area contributed by atoms with Crippen LogP contribution in [-0.2, 0) is 27.1 Å². The summed E-state index contributed by atoms with van der Waals surface area (Å²) in [6, 6.07) is 12.6. The molecule has 2 atom stereocenters. The Labute approximate surface area is 221 Å². The zero-order valence-corrected chi connectivity index (χ0v) is 22.7. The number of methoxy groups -OCH3 is 1. The summed E-state index contributed by atoms with van der Waals surface area (Å²) < 4.78 is 16.5. The van der Waals surface area contributed by atoms with Gasteiger partial charge in [0.2, 0.25) is 0 Å². The minimum absolute atomic E-state index is 0.0649. The molecule has 2 aromatic rings. The second-order valence-electron chi connectivity index (χ2n) is 10.6. The molecule has 1 aromatic carbocycles. The first-order valence-corrected chi connectivity index (χ1v) is 13.9. The van der Waals surface area contributed by atoms with Gasteiger partial charge in [0.05, 0.1) is 26.2 Å². The maximum Gasteiger partial charge on any atom is 0.306 e. The van der Waals surface area contributed by atoms with Crippen molar-refractivity contribution in [3.8, 4) is 5.75 Å². The Morgan fingerprint density at radius 2 is 2.11 bits per heavy atom. The van der Waals surface area contributed by atoms with Gasteiger partial charge < -0.3 is 24.4 Å². The predicted molar refractivity (Wildman–Crippen MR) is 146 cm³/mol. The van der Waals surface area contributed by atoms with E-state index >= 15 is 0 Å². The van der Waals surface area contributed by atoms with E-state index in [2.05, 4.69) is 34.5 Å². The molecule has 1 fully saturated rings.